The van der Waals surface area contributed by atoms with Crippen LogP contribution in [-0.2, 0) is 6.54 Å². The number of halogens is 2. The maximum atomic E-state index is 5.94. The summed E-state index contributed by atoms with van der Waals surface area (Å²) >= 11 is 8.87. The summed E-state index contributed by atoms with van der Waals surface area (Å²) in [5.41, 5.74) is 5.94. The quantitative estimate of drug-likeness (QED) is 0.886. The predicted octanol–water partition coefficient (Wildman–Crippen LogP) is 3.44. The van der Waals surface area contributed by atoms with E-state index < -0.39 is 0 Å². The van der Waals surface area contributed by atoms with E-state index in [1.165, 1.54) is 21.6 Å². The van der Waals surface area contributed by atoms with Gasteiger partial charge < -0.3 is 5.73 Å². The second-order valence-corrected chi connectivity index (χ2v) is 7.79. The van der Waals surface area contributed by atoms with Crippen LogP contribution in [0.2, 0.25) is 0 Å². The molecule has 1 saturated heterocycles. The molecule has 2 nitrogen and oxygen atoms in total. The van der Waals surface area contributed by atoms with E-state index in [0.29, 0.717) is 12.0 Å². The van der Waals surface area contributed by atoms with E-state index in [-0.39, 0.29) is 0 Å². The molecule has 0 aliphatic carbocycles. The molecule has 1 aliphatic heterocycles. The van der Waals surface area contributed by atoms with Gasteiger partial charge in [0.05, 0.1) is 3.79 Å². The highest BCUT2D eigenvalue weighted by Crippen LogP contribution is 2.33. The lowest BCUT2D eigenvalue weighted by Crippen LogP contribution is -2.29. The molecule has 2 rings (SSSR count). The SMILES string of the molecule is CC(N)C1CCN(Cc2cc(Br)c(Br)s2)C1. The molecule has 0 saturated carbocycles. The molecule has 1 aromatic rings. The van der Waals surface area contributed by atoms with Gasteiger partial charge in [-0.1, -0.05) is 0 Å². The minimum atomic E-state index is 0.326. The van der Waals surface area contributed by atoms with Crippen LogP contribution in [0.1, 0.15) is 18.2 Å². The van der Waals surface area contributed by atoms with Crippen LogP contribution >= 0.6 is 43.2 Å². The topological polar surface area (TPSA) is 29.3 Å². The van der Waals surface area contributed by atoms with Crippen LogP contribution in [0.5, 0.6) is 0 Å². The Morgan fingerprint density at radius 3 is 2.88 bits per heavy atom. The number of likely N-dealkylation sites (tertiary alicyclic amines) is 1. The molecule has 2 unspecified atom stereocenters. The van der Waals surface area contributed by atoms with Crippen LogP contribution in [-0.4, -0.2) is 24.0 Å². The first-order valence-corrected chi connectivity index (χ1v) is 7.88. The van der Waals surface area contributed by atoms with Crippen molar-refractivity contribution in [3.05, 3.63) is 19.2 Å². The van der Waals surface area contributed by atoms with Gasteiger partial charge in [-0.05, 0) is 63.7 Å². The van der Waals surface area contributed by atoms with E-state index >= 15 is 0 Å². The zero-order chi connectivity index (χ0) is 11.7. The molecule has 2 atom stereocenters. The van der Waals surface area contributed by atoms with Gasteiger partial charge in [0.2, 0.25) is 0 Å². The number of thiophene rings is 1. The summed E-state index contributed by atoms with van der Waals surface area (Å²) in [7, 11) is 0. The Labute approximate surface area is 117 Å². The van der Waals surface area contributed by atoms with Crippen molar-refractivity contribution in [2.75, 3.05) is 13.1 Å². The van der Waals surface area contributed by atoms with Gasteiger partial charge in [0.15, 0.2) is 0 Å². The van der Waals surface area contributed by atoms with Crippen molar-refractivity contribution in [3.8, 4) is 0 Å². The highest BCUT2D eigenvalue weighted by Gasteiger charge is 2.25. The lowest BCUT2D eigenvalue weighted by Gasteiger charge is -2.16. The Balaban J connectivity index is 1.92. The van der Waals surface area contributed by atoms with Gasteiger partial charge in [0.1, 0.15) is 0 Å². The van der Waals surface area contributed by atoms with Gasteiger partial charge >= 0.3 is 0 Å². The largest absolute Gasteiger partial charge is 0.328 e. The van der Waals surface area contributed by atoms with Gasteiger partial charge in [-0.2, -0.15) is 0 Å². The highest BCUT2D eigenvalue weighted by atomic mass is 79.9. The Morgan fingerprint density at radius 1 is 1.62 bits per heavy atom. The van der Waals surface area contributed by atoms with Gasteiger partial charge in [-0.15, -0.1) is 11.3 Å². The molecule has 16 heavy (non-hydrogen) atoms. The lowest BCUT2D eigenvalue weighted by molar-refractivity contribution is 0.311. The van der Waals surface area contributed by atoms with Crippen LogP contribution < -0.4 is 5.73 Å². The molecule has 0 radical (unpaired) electrons. The summed E-state index contributed by atoms with van der Waals surface area (Å²) < 4.78 is 2.35. The number of hydrogen-bond donors (Lipinski definition) is 1. The van der Waals surface area contributed by atoms with E-state index in [9.17, 15) is 0 Å². The van der Waals surface area contributed by atoms with E-state index in [2.05, 4.69) is 49.7 Å². The molecule has 5 heteroatoms. The third-order valence-electron chi connectivity index (χ3n) is 3.13. The molecule has 1 fully saturated rings. The van der Waals surface area contributed by atoms with E-state index in [0.717, 1.165) is 17.6 Å². The van der Waals surface area contributed by atoms with Crippen molar-refractivity contribution < 1.29 is 0 Å². The van der Waals surface area contributed by atoms with Crippen molar-refractivity contribution >= 4 is 43.2 Å². The minimum absolute atomic E-state index is 0.326. The molecule has 2 heterocycles. The molecule has 2 N–H and O–H groups in total. The summed E-state index contributed by atoms with van der Waals surface area (Å²) in [5.74, 6) is 0.673. The predicted molar refractivity (Wildman–Crippen MR) is 76.8 cm³/mol. The summed E-state index contributed by atoms with van der Waals surface area (Å²) in [6.07, 6.45) is 1.24. The average molecular weight is 368 g/mol. The third kappa shape index (κ3) is 3.07. The second kappa shape index (κ2) is 5.48. The molecule has 1 aliphatic rings. The summed E-state index contributed by atoms with van der Waals surface area (Å²) in [4.78, 5) is 3.91. The van der Waals surface area contributed by atoms with Crippen LogP contribution in [0.3, 0.4) is 0 Å². The van der Waals surface area contributed by atoms with Crippen molar-refractivity contribution in [2.24, 2.45) is 11.7 Å². The van der Waals surface area contributed by atoms with E-state index in [1.54, 1.807) is 0 Å². The van der Waals surface area contributed by atoms with Crippen molar-refractivity contribution in [2.45, 2.75) is 25.9 Å². The smallest absolute Gasteiger partial charge is 0.0843 e. The van der Waals surface area contributed by atoms with Crippen molar-refractivity contribution in [3.63, 3.8) is 0 Å². The normalized spacial score (nSPS) is 23.9. The molecule has 0 bridgehead atoms. The van der Waals surface area contributed by atoms with Crippen LogP contribution in [0.25, 0.3) is 0 Å². The van der Waals surface area contributed by atoms with Gasteiger partial charge in [-0.3, -0.25) is 4.90 Å². The fraction of sp³-hybridized carbons (Fsp3) is 0.636. The first kappa shape index (κ1) is 13.0. The molecular weight excluding hydrogens is 352 g/mol. The van der Waals surface area contributed by atoms with Gasteiger partial charge in [-0.25, -0.2) is 0 Å². The van der Waals surface area contributed by atoms with Crippen LogP contribution in [0.15, 0.2) is 14.3 Å². The number of nitrogens with two attached hydrogens (primary N) is 1. The maximum Gasteiger partial charge on any atom is 0.0843 e. The molecular formula is C11H16Br2N2S. The van der Waals surface area contributed by atoms with E-state index in [1.807, 2.05) is 11.3 Å². The first-order chi connectivity index (χ1) is 7.56. The minimum Gasteiger partial charge on any atom is -0.328 e. The van der Waals surface area contributed by atoms with Gasteiger partial charge in [0, 0.05) is 28.5 Å². The fourth-order valence-corrected chi connectivity index (χ4v) is 4.34. The molecule has 90 valence electrons. The molecule has 0 aromatic carbocycles. The number of nitrogens with zero attached hydrogens (tertiary/aromatic N) is 1. The zero-order valence-electron chi connectivity index (χ0n) is 9.25. The Kier molecular flexibility index (Phi) is 4.46. The fourth-order valence-electron chi connectivity index (χ4n) is 2.13. The molecule has 0 spiro atoms. The summed E-state index contributed by atoms with van der Waals surface area (Å²) in [5, 5.41) is 0. The van der Waals surface area contributed by atoms with E-state index in [4.69, 9.17) is 5.73 Å². The Hall–Kier alpha value is 0.580. The third-order valence-corrected chi connectivity index (χ3v) is 6.37. The summed E-state index contributed by atoms with van der Waals surface area (Å²) in [6.45, 7) is 5.49. The molecule has 0 amide bonds. The van der Waals surface area contributed by atoms with Gasteiger partial charge in [0.25, 0.3) is 0 Å². The summed E-state index contributed by atoms with van der Waals surface area (Å²) in [6, 6.07) is 2.53. The standard InChI is InChI=1S/C11H16Br2N2S/c1-7(14)8-2-3-15(5-8)6-9-4-10(12)11(13)16-9/h4,7-8H,2-3,5-6,14H2,1H3. The first-order valence-electron chi connectivity index (χ1n) is 5.48. The second-order valence-electron chi connectivity index (χ2n) is 4.48. The Morgan fingerprint density at radius 2 is 2.38 bits per heavy atom. The van der Waals surface area contributed by atoms with Crippen molar-refractivity contribution in [1.29, 1.82) is 0 Å². The average Bonchev–Trinajstić information content (AvgIpc) is 2.76. The monoisotopic (exact) mass is 366 g/mol. The zero-order valence-corrected chi connectivity index (χ0v) is 13.2. The van der Waals surface area contributed by atoms with Crippen LogP contribution in [0.4, 0.5) is 0 Å². The highest BCUT2D eigenvalue weighted by molar-refractivity contribution is 9.13. The van der Waals surface area contributed by atoms with Crippen LogP contribution in [0, 0.1) is 5.92 Å². The Bertz CT molecular complexity index is 345. The number of hydrogen-bond acceptors (Lipinski definition) is 3. The van der Waals surface area contributed by atoms with Crippen molar-refractivity contribution in [1.82, 2.24) is 4.90 Å². The maximum absolute atomic E-state index is 5.94. The number of rotatable bonds is 3. The molecule has 1 aromatic heterocycles. The lowest BCUT2D eigenvalue weighted by atomic mass is 10.0.